The molecule has 11 heteroatoms. The van der Waals surface area contributed by atoms with Crippen molar-refractivity contribution in [1.29, 1.82) is 0 Å². The summed E-state index contributed by atoms with van der Waals surface area (Å²) in [4.78, 5) is 26.7. The monoisotopic (exact) mass is 461 g/mol. The minimum atomic E-state index is -4.16. The Labute approximate surface area is 179 Å². The first-order valence-electron chi connectivity index (χ1n) is 9.11. The van der Waals surface area contributed by atoms with Crippen LogP contribution < -0.4 is 5.32 Å². The van der Waals surface area contributed by atoms with Crippen molar-refractivity contribution in [2.24, 2.45) is 0 Å². The van der Waals surface area contributed by atoms with Crippen molar-refractivity contribution >= 4 is 45.0 Å². The summed E-state index contributed by atoms with van der Waals surface area (Å²) in [5.74, 6) is -0.990. The zero-order valence-corrected chi connectivity index (χ0v) is 17.8. The molecule has 8 nitrogen and oxygen atoms in total. The number of rotatable bonds is 5. The van der Waals surface area contributed by atoms with Crippen LogP contribution in [0.1, 0.15) is 25.7 Å². The van der Waals surface area contributed by atoms with Crippen LogP contribution in [-0.2, 0) is 19.6 Å². The van der Waals surface area contributed by atoms with Crippen molar-refractivity contribution in [2.75, 3.05) is 13.2 Å². The van der Waals surface area contributed by atoms with E-state index in [1.807, 2.05) is 0 Å². The van der Waals surface area contributed by atoms with E-state index in [0.29, 0.717) is 13.0 Å². The second kappa shape index (κ2) is 8.91. The van der Waals surface area contributed by atoms with Crippen molar-refractivity contribution < 1.29 is 23.1 Å². The third kappa shape index (κ3) is 4.53. The van der Waals surface area contributed by atoms with E-state index in [1.165, 1.54) is 35.5 Å². The standard InChI is InChI=1S/C18H21Cl2N3O5S/c19-14-5-4-13(9-15(14)20)29(27,28)23-8-6-21-18(26)16(23)10-17(25)22-7-2-1-3-12(22)11-24/h4-6,8-9,12,16,24H,1-3,7,10-11H2,(H,21,26)/t12-,16+/m0/s1. The third-order valence-corrected chi connectivity index (χ3v) is 7.57. The van der Waals surface area contributed by atoms with Gasteiger partial charge in [-0.2, -0.15) is 0 Å². The van der Waals surface area contributed by atoms with Crippen molar-refractivity contribution in [3.8, 4) is 0 Å². The van der Waals surface area contributed by atoms with E-state index in [9.17, 15) is 23.1 Å². The Morgan fingerprint density at radius 3 is 2.69 bits per heavy atom. The predicted octanol–water partition coefficient (Wildman–Crippen LogP) is 1.72. The van der Waals surface area contributed by atoms with E-state index in [-0.39, 0.29) is 39.9 Å². The van der Waals surface area contributed by atoms with Crippen LogP contribution in [0, 0.1) is 0 Å². The van der Waals surface area contributed by atoms with Crippen molar-refractivity contribution in [1.82, 2.24) is 14.5 Å². The number of hydrogen-bond acceptors (Lipinski definition) is 5. The van der Waals surface area contributed by atoms with Gasteiger partial charge in [-0.1, -0.05) is 23.2 Å². The molecule has 1 fully saturated rings. The van der Waals surface area contributed by atoms with Gasteiger partial charge in [0.1, 0.15) is 6.04 Å². The lowest BCUT2D eigenvalue weighted by Gasteiger charge is -2.37. The van der Waals surface area contributed by atoms with Gasteiger partial charge in [-0.3, -0.25) is 13.9 Å². The lowest BCUT2D eigenvalue weighted by Crippen LogP contribution is -2.53. The van der Waals surface area contributed by atoms with Gasteiger partial charge in [0.15, 0.2) is 0 Å². The number of carbonyl (C=O) groups excluding carboxylic acids is 2. The molecule has 0 unspecified atom stereocenters. The van der Waals surface area contributed by atoms with Crippen molar-refractivity contribution in [3.05, 3.63) is 40.6 Å². The molecule has 0 aliphatic carbocycles. The smallest absolute Gasteiger partial charge is 0.264 e. The quantitative estimate of drug-likeness (QED) is 0.693. The maximum atomic E-state index is 13.1. The summed E-state index contributed by atoms with van der Waals surface area (Å²) >= 11 is 11.8. The van der Waals surface area contributed by atoms with Gasteiger partial charge in [0.05, 0.1) is 34.0 Å². The van der Waals surface area contributed by atoms with Gasteiger partial charge >= 0.3 is 0 Å². The van der Waals surface area contributed by atoms with Gasteiger partial charge < -0.3 is 15.3 Å². The molecule has 2 amide bonds. The van der Waals surface area contributed by atoms with Gasteiger partial charge in [-0.15, -0.1) is 0 Å². The Morgan fingerprint density at radius 2 is 2.00 bits per heavy atom. The third-order valence-electron chi connectivity index (χ3n) is 5.05. The zero-order valence-electron chi connectivity index (χ0n) is 15.4. The number of carbonyl (C=O) groups is 2. The lowest BCUT2D eigenvalue weighted by molar-refractivity contribution is -0.139. The molecule has 1 aromatic carbocycles. The Hall–Kier alpha value is -1.81. The predicted molar refractivity (Wildman–Crippen MR) is 108 cm³/mol. The number of nitrogens with one attached hydrogen (secondary N) is 1. The maximum Gasteiger partial charge on any atom is 0.264 e. The molecule has 0 saturated carbocycles. The number of aliphatic hydroxyl groups excluding tert-OH is 1. The number of piperidine rings is 1. The van der Waals surface area contributed by atoms with Crippen molar-refractivity contribution in [3.63, 3.8) is 0 Å². The molecule has 2 aliphatic heterocycles. The number of likely N-dealkylation sites (tertiary alicyclic amines) is 1. The van der Waals surface area contributed by atoms with Crippen LogP contribution in [0.3, 0.4) is 0 Å². The minimum Gasteiger partial charge on any atom is -0.394 e. The second-order valence-electron chi connectivity index (χ2n) is 6.87. The number of halogens is 2. The SMILES string of the molecule is O=C1NC=CN(S(=O)(=O)c2ccc(Cl)c(Cl)c2)[C@@H]1CC(=O)N1CCCC[C@H]1CO. The van der Waals surface area contributed by atoms with Crippen LogP contribution in [0.4, 0.5) is 0 Å². The van der Waals surface area contributed by atoms with E-state index < -0.39 is 22.0 Å². The summed E-state index contributed by atoms with van der Waals surface area (Å²) < 4.78 is 27.1. The van der Waals surface area contributed by atoms with Crippen LogP contribution in [0.2, 0.25) is 10.0 Å². The Balaban J connectivity index is 1.88. The van der Waals surface area contributed by atoms with E-state index in [2.05, 4.69) is 5.32 Å². The largest absolute Gasteiger partial charge is 0.394 e. The fourth-order valence-electron chi connectivity index (χ4n) is 3.50. The summed E-state index contributed by atoms with van der Waals surface area (Å²) in [5, 5.41) is 12.2. The van der Waals surface area contributed by atoms with Gasteiger partial charge in [-0.05, 0) is 37.5 Å². The number of aliphatic hydroxyl groups is 1. The highest BCUT2D eigenvalue weighted by atomic mass is 35.5. The molecule has 158 valence electrons. The highest BCUT2D eigenvalue weighted by Crippen LogP contribution is 2.29. The number of benzene rings is 1. The molecular formula is C18H21Cl2N3O5S. The number of sulfonamides is 1. The number of nitrogens with zero attached hydrogens (tertiary/aromatic N) is 2. The van der Waals surface area contributed by atoms with Crippen LogP contribution >= 0.6 is 23.2 Å². The summed E-state index contributed by atoms with van der Waals surface area (Å²) in [5.41, 5.74) is 0. The molecule has 3 rings (SSSR count). The average molecular weight is 462 g/mol. The molecule has 2 aliphatic rings. The lowest BCUT2D eigenvalue weighted by atomic mass is 10.0. The van der Waals surface area contributed by atoms with Gasteiger partial charge in [0, 0.05) is 18.9 Å². The Morgan fingerprint density at radius 1 is 1.24 bits per heavy atom. The maximum absolute atomic E-state index is 13.1. The summed E-state index contributed by atoms with van der Waals surface area (Å²) in [6.45, 7) is 0.293. The number of amides is 2. The molecule has 2 atom stereocenters. The molecule has 0 radical (unpaired) electrons. The van der Waals surface area contributed by atoms with E-state index in [0.717, 1.165) is 17.1 Å². The van der Waals surface area contributed by atoms with Crippen LogP contribution in [-0.4, -0.2) is 59.8 Å². The highest BCUT2D eigenvalue weighted by Gasteiger charge is 2.39. The second-order valence-corrected chi connectivity index (χ2v) is 9.53. The fraction of sp³-hybridized carbons (Fsp3) is 0.444. The first-order chi connectivity index (χ1) is 13.8. The van der Waals surface area contributed by atoms with Gasteiger partial charge in [0.25, 0.3) is 10.0 Å². The van der Waals surface area contributed by atoms with E-state index in [1.54, 1.807) is 0 Å². The fourth-order valence-corrected chi connectivity index (χ4v) is 5.34. The summed E-state index contributed by atoms with van der Waals surface area (Å²) in [6, 6.07) is 2.26. The first kappa shape index (κ1) is 21.9. The average Bonchev–Trinajstić information content (AvgIpc) is 2.71. The van der Waals surface area contributed by atoms with Gasteiger partial charge in [-0.25, -0.2) is 8.42 Å². The first-order valence-corrected chi connectivity index (χ1v) is 11.3. The Kier molecular flexibility index (Phi) is 6.72. The van der Waals surface area contributed by atoms with Gasteiger partial charge in [0.2, 0.25) is 11.8 Å². The highest BCUT2D eigenvalue weighted by molar-refractivity contribution is 7.89. The molecule has 29 heavy (non-hydrogen) atoms. The Bertz CT molecular complexity index is 937. The van der Waals surface area contributed by atoms with Crippen LogP contribution in [0.25, 0.3) is 0 Å². The van der Waals surface area contributed by atoms with E-state index >= 15 is 0 Å². The molecule has 0 spiro atoms. The molecule has 0 bridgehead atoms. The normalized spacial score (nSPS) is 22.5. The van der Waals surface area contributed by atoms with Crippen molar-refractivity contribution in [2.45, 2.75) is 42.7 Å². The zero-order chi connectivity index (χ0) is 21.2. The molecule has 2 heterocycles. The van der Waals surface area contributed by atoms with Crippen LogP contribution in [0.15, 0.2) is 35.5 Å². The summed E-state index contributed by atoms with van der Waals surface area (Å²) in [7, 11) is -4.16. The molecule has 2 N–H and O–H groups in total. The molecule has 1 saturated heterocycles. The van der Waals surface area contributed by atoms with E-state index in [4.69, 9.17) is 23.2 Å². The van der Waals surface area contributed by atoms with Crippen LogP contribution in [0.5, 0.6) is 0 Å². The molecular weight excluding hydrogens is 441 g/mol. The number of hydrogen-bond donors (Lipinski definition) is 2. The minimum absolute atomic E-state index is 0.0601. The molecule has 1 aromatic rings. The topological polar surface area (TPSA) is 107 Å². The summed E-state index contributed by atoms with van der Waals surface area (Å²) in [6.07, 6.45) is 4.44. The molecule has 0 aromatic heterocycles.